The number of aromatic nitrogens is 2. The first-order valence-electron chi connectivity index (χ1n) is 5.85. The number of anilines is 1. The van der Waals surface area contributed by atoms with Crippen LogP contribution in [0.25, 0.3) is 0 Å². The van der Waals surface area contributed by atoms with E-state index in [1.54, 1.807) is 31.2 Å². The van der Waals surface area contributed by atoms with Crippen molar-refractivity contribution in [2.45, 2.75) is 11.8 Å². The second-order valence-electron chi connectivity index (χ2n) is 4.02. The minimum absolute atomic E-state index is 0.110. The number of aromatic amines is 1. The highest BCUT2D eigenvalue weighted by Crippen LogP contribution is 2.20. The third-order valence-electron chi connectivity index (χ3n) is 2.57. The van der Waals surface area contributed by atoms with Crippen molar-refractivity contribution in [1.82, 2.24) is 10.2 Å². The Kier molecular flexibility index (Phi) is 4.08. The molecule has 4 N–H and O–H groups in total. The fourth-order valence-electron chi connectivity index (χ4n) is 1.64. The van der Waals surface area contributed by atoms with Crippen LogP contribution in [0.4, 0.5) is 5.69 Å². The van der Waals surface area contributed by atoms with Gasteiger partial charge in [0.15, 0.2) is 0 Å². The second kappa shape index (κ2) is 5.77. The molecule has 0 radical (unpaired) electrons. The number of benzene rings is 1. The van der Waals surface area contributed by atoms with Gasteiger partial charge in [-0.25, -0.2) is 8.42 Å². The lowest BCUT2D eigenvalue weighted by atomic mass is 10.2. The summed E-state index contributed by atoms with van der Waals surface area (Å²) in [5.41, 5.74) is 6.78. The van der Waals surface area contributed by atoms with E-state index in [4.69, 9.17) is 5.73 Å². The molecule has 6 nitrogen and oxygen atoms in total. The standard InChI is InChI=1S/C13H14N4O2S/c1-10-13(9-15-16-10)20(18,19)17-12-7-3-2-5-11(12)6-4-8-14/h2-3,5,7,9,17H,8,14H2,1H3,(H,15,16). The first-order valence-corrected chi connectivity index (χ1v) is 7.33. The van der Waals surface area contributed by atoms with Crippen molar-refractivity contribution in [3.05, 3.63) is 41.7 Å². The molecule has 2 aromatic rings. The molecule has 1 heterocycles. The number of H-pyrrole nitrogens is 1. The molecule has 1 aromatic carbocycles. The van der Waals surface area contributed by atoms with E-state index in [-0.39, 0.29) is 11.4 Å². The molecule has 0 fully saturated rings. The lowest BCUT2D eigenvalue weighted by molar-refractivity contribution is 0.600. The van der Waals surface area contributed by atoms with E-state index < -0.39 is 10.0 Å². The van der Waals surface area contributed by atoms with Crippen LogP contribution in [0, 0.1) is 18.8 Å². The van der Waals surface area contributed by atoms with Crippen molar-refractivity contribution in [3.8, 4) is 11.8 Å². The minimum atomic E-state index is -3.69. The molecular weight excluding hydrogens is 276 g/mol. The summed E-state index contributed by atoms with van der Waals surface area (Å²) >= 11 is 0. The van der Waals surface area contributed by atoms with Gasteiger partial charge in [0.05, 0.1) is 24.1 Å². The van der Waals surface area contributed by atoms with Crippen LogP contribution >= 0.6 is 0 Å². The Morgan fingerprint density at radius 2 is 2.15 bits per heavy atom. The number of aryl methyl sites for hydroxylation is 1. The molecule has 7 heteroatoms. The lowest BCUT2D eigenvalue weighted by Crippen LogP contribution is -2.14. The van der Waals surface area contributed by atoms with Gasteiger partial charge in [-0.3, -0.25) is 9.82 Å². The Bertz CT molecular complexity index is 769. The maximum absolute atomic E-state index is 12.3. The van der Waals surface area contributed by atoms with Crippen LogP contribution in [0.2, 0.25) is 0 Å². The lowest BCUT2D eigenvalue weighted by Gasteiger charge is -2.08. The Balaban J connectivity index is 2.38. The Morgan fingerprint density at radius 3 is 2.80 bits per heavy atom. The zero-order chi connectivity index (χ0) is 14.6. The smallest absolute Gasteiger partial charge is 0.265 e. The topological polar surface area (TPSA) is 101 Å². The van der Waals surface area contributed by atoms with E-state index in [2.05, 4.69) is 26.8 Å². The monoisotopic (exact) mass is 290 g/mol. The van der Waals surface area contributed by atoms with Crippen LogP contribution in [-0.4, -0.2) is 25.2 Å². The molecule has 0 saturated heterocycles. The summed E-state index contributed by atoms with van der Waals surface area (Å²) < 4.78 is 27.0. The summed E-state index contributed by atoms with van der Waals surface area (Å²) in [5.74, 6) is 5.53. The highest BCUT2D eigenvalue weighted by Gasteiger charge is 2.19. The Labute approximate surface area is 117 Å². The van der Waals surface area contributed by atoms with Gasteiger partial charge in [0, 0.05) is 5.56 Å². The largest absolute Gasteiger partial charge is 0.320 e. The molecule has 104 valence electrons. The van der Waals surface area contributed by atoms with Gasteiger partial charge in [-0.15, -0.1) is 0 Å². The number of nitrogens with one attached hydrogen (secondary N) is 2. The van der Waals surface area contributed by atoms with E-state index in [1.165, 1.54) is 6.20 Å². The highest BCUT2D eigenvalue weighted by molar-refractivity contribution is 7.92. The van der Waals surface area contributed by atoms with E-state index in [1.807, 2.05) is 0 Å². The van der Waals surface area contributed by atoms with Crippen LogP contribution in [-0.2, 0) is 10.0 Å². The van der Waals surface area contributed by atoms with E-state index in [0.29, 0.717) is 16.9 Å². The number of rotatable bonds is 3. The van der Waals surface area contributed by atoms with Gasteiger partial charge in [0.2, 0.25) is 0 Å². The molecule has 1 aromatic heterocycles. The number of nitrogens with zero attached hydrogens (tertiary/aromatic N) is 1. The fourth-order valence-corrected chi connectivity index (χ4v) is 2.86. The van der Waals surface area contributed by atoms with Gasteiger partial charge in [-0.1, -0.05) is 24.0 Å². The van der Waals surface area contributed by atoms with Crippen molar-refractivity contribution in [2.75, 3.05) is 11.3 Å². The number of nitrogens with two attached hydrogens (primary N) is 1. The zero-order valence-corrected chi connectivity index (χ0v) is 11.7. The Morgan fingerprint density at radius 1 is 1.40 bits per heavy atom. The quantitative estimate of drug-likeness (QED) is 0.729. The number of hydrogen-bond donors (Lipinski definition) is 3. The third-order valence-corrected chi connectivity index (χ3v) is 4.05. The predicted molar refractivity (Wildman–Crippen MR) is 76.5 cm³/mol. The Hall–Kier alpha value is -2.30. The van der Waals surface area contributed by atoms with Crippen LogP contribution < -0.4 is 10.5 Å². The maximum Gasteiger partial charge on any atom is 0.265 e. The normalized spacial score (nSPS) is 10.7. The average molecular weight is 290 g/mol. The molecule has 20 heavy (non-hydrogen) atoms. The first kappa shape index (κ1) is 14.1. The predicted octanol–water partition coefficient (Wildman–Crippen LogP) is 0.829. The molecule has 0 amide bonds. The average Bonchev–Trinajstić information content (AvgIpc) is 2.84. The van der Waals surface area contributed by atoms with E-state index in [9.17, 15) is 8.42 Å². The van der Waals surface area contributed by atoms with Crippen molar-refractivity contribution in [3.63, 3.8) is 0 Å². The highest BCUT2D eigenvalue weighted by atomic mass is 32.2. The molecule has 0 saturated carbocycles. The summed E-state index contributed by atoms with van der Waals surface area (Å²) in [4.78, 5) is 0.110. The van der Waals surface area contributed by atoms with Crippen molar-refractivity contribution in [1.29, 1.82) is 0 Å². The van der Waals surface area contributed by atoms with Crippen molar-refractivity contribution in [2.24, 2.45) is 5.73 Å². The molecule has 0 atom stereocenters. The van der Waals surface area contributed by atoms with Crippen LogP contribution in [0.1, 0.15) is 11.3 Å². The van der Waals surface area contributed by atoms with E-state index >= 15 is 0 Å². The zero-order valence-electron chi connectivity index (χ0n) is 10.8. The van der Waals surface area contributed by atoms with E-state index in [0.717, 1.165) is 0 Å². The van der Waals surface area contributed by atoms with Crippen LogP contribution in [0.5, 0.6) is 0 Å². The van der Waals surface area contributed by atoms with Crippen LogP contribution in [0.3, 0.4) is 0 Å². The molecular formula is C13H14N4O2S. The number of sulfonamides is 1. The minimum Gasteiger partial charge on any atom is -0.320 e. The van der Waals surface area contributed by atoms with Gasteiger partial charge in [0.25, 0.3) is 10.0 Å². The molecule has 0 spiro atoms. The molecule has 0 unspecified atom stereocenters. The maximum atomic E-state index is 12.3. The summed E-state index contributed by atoms with van der Waals surface area (Å²) in [7, 11) is -3.69. The second-order valence-corrected chi connectivity index (χ2v) is 5.67. The van der Waals surface area contributed by atoms with Crippen molar-refractivity contribution < 1.29 is 8.42 Å². The first-order chi connectivity index (χ1) is 9.54. The molecule has 0 aliphatic heterocycles. The molecule has 0 bridgehead atoms. The van der Waals surface area contributed by atoms with Gasteiger partial charge >= 0.3 is 0 Å². The van der Waals surface area contributed by atoms with Gasteiger partial charge in [0.1, 0.15) is 4.90 Å². The van der Waals surface area contributed by atoms with Gasteiger partial charge < -0.3 is 5.73 Å². The number of hydrogen-bond acceptors (Lipinski definition) is 4. The summed E-state index contributed by atoms with van der Waals surface area (Å²) in [6, 6.07) is 6.88. The molecule has 0 aliphatic carbocycles. The van der Waals surface area contributed by atoms with Gasteiger partial charge in [-0.2, -0.15) is 5.10 Å². The molecule has 2 rings (SSSR count). The van der Waals surface area contributed by atoms with Crippen LogP contribution in [0.15, 0.2) is 35.4 Å². The van der Waals surface area contributed by atoms with Gasteiger partial charge in [-0.05, 0) is 19.1 Å². The summed E-state index contributed by atoms with van der Waals surface area (Å²) in [5, 5.41) is 6.31. The number of para-hydroxylation sites is 1. The SMILES string of the molecule is Cc1[nH]ncc1S(=O)(=O)Nc1ccccc1C#CCN. The van der Waals surface area contributed by atoms with Crippen molar-refractivity contribution >= 4 is 15.7 Å². The molecule has 0 aliphatic rings. The summed E-state index contributed by atoms with van der Waals surface area (Å²) in [6.45, 7) is 1.85. The third kappa shape index (κ3) is 2.99. The summed E-state index contributed by atoms with van der Waals surface area (Å²) in [6.07, 6.45) is 1.27. The fraction of sp³-hybridized carbons (Fsp3) is 0.154.